The molecule has 0 aromatic heterocycles. The molecule has 0 aliphatic carbocycles. The number of amides is 1. The lowest BCUT2D eigenvalue weighted by molar-refractivity contribution is 0.0780. The van der Waals surface area contributed by atoms with Gasteiger partial charge in [0.1, 0.15) is 0 Å². The van der Waals surface area contributed by atoms with E-state index in [1.165, 1.54) is 0 Å². The van der Waals surface area contributed by atoms with E-state index in [2.05, 4.69) is 34.0 Å². The lowest BCUT2D eigenvalue weighted by Crippen LogP contribution is -2.32. The summed E-state index contributed by atoms with van der Waals surface area (Å²) < 4.78 is 1.05. The summed E-state index contributed by atoms with van der Waals surface area (Å²) in [6.07, 6.45) is 0. The maximum Gasteiger partial charge on any atom is 0.254 e. The molecular weight excluding hydrogens is 339 g/mol. The number of hydrogen-bond acceptors (Lipinski definition) is 2. The molecule has 2 atom stereocenters. The number of aryl methyl sites for hydroxylation is 1. The van der Waals surface area contributed by atoms with E-state index in [9.17, 15) is 4.79 Å². The summed E-state index contributed by atoms with van der Waals surface area (Å²) in [6.45, 7) is 6.01. The highest BCUT2D eigenvalue weighted by atomic mass is 127. The Hall–Kier alpha value is -0.620. The van der Waals surface area contributed by atoms with Gasteiger partial charge in [-0.25, -0.2) is 0 Å². The molecule has 1 amide bonds. The zero-order valence-corrected chi connectivity index (χ0v) is 12.6. The van der Waals surface area contributed by atoms with E-state index in [0.29, 0.717) is 11.8 Å². The van der Waals surface area contributed by atoms with Gasteiger partial charge in [0.15, 0.2) is 0 Å². The van der Waals surface area contributed by atoms with Crippen LogP contribution in [0.2, 0.25) is 0 Å². The third kappa shape index (κ3) is 2.16. The molecule has 0 saturated carbocycles. The first-order valence-corrected chi connectivity index (χ1v) is 7.49. The normalized spacial score (nSPS) is 26.4. The number of halogens is 1. The molecule has 2 heterocycles. The Morgan fingerprint density at radius 1 is 1.33 bits per heavy atom. The van der Waals surface area contributed by atoms with E-state index >= 15 is 0 Å². The van der Waals surface area contributed by atoms with Gasteiger partial charge in [0.2, 0.25) is 0 Å². The standard InChI is InChI=1S/C14H17IN2O/c1-9-2-3-13(15)12(4-9)14(18)17-7-10-5-16-6-11(10)8-17/h2-4,10-11,16H,5-8H2,1H3/t10-,11+. The summed E-state index contributed by atoms with van der Waals surface area (Å²) in [7, 11) is 0. The largest absolute Gasteiger partial charge is 0.338 e. The van der Waals surface area contributed by atoms with E-state index in [4.69, 9.17) is 0 Å². The van der Waals surface area contributed by atoms with Gasteiger partial charge >= 0.3 is 0 Å². The number of carbonyl (C=O) groups is 1. The van der Waals surface area contributed by atoms with Crippen LogP contribution in [0.3, 0.4) is 0 Å². The molecule has 1 N–H and O–H groups in total. The molecule has 1 aromatic rings. The first-order chi connectivity index (χ1) is 8.65. The third-order valence-electron chi connectivity index (χ3n) is 4.03. The van der Waals surface area contributed by atoms with Crippen molar-refractivity contribution in [3.8, 4) is 0 Å². The SMILES string of the molecule is Cc1ccc(I)c(C(=O)N2C[C@H]3CNC[C@H]3C2)c1. The quantitative estimate of drug-likeness (QED) is 0.780. The maximum absolute atomic E-state index is 12.6. The Bertz CT molecular complexity index is 477. The summed E-state index contributed by atoms with van der Waals surface area (Å²) in [5, 5.41) is 3.40. The van der Waals surface area contributed by atoms with Crippen molar-refractivity contribution in [2.24, 2.45) is 11.8 Å². The lowest BCUT2D eigenvalue weighted by atomic mass is 10.0. The second-order valence-electron chi connectivity index (χ2n) is 5.37. The van der Waals surface area contributed by atoms with Gasteiger partial charge in [-0.05, 0) is 53.5 Å². The molecule has 0 spiro atoms. The number of rotatable bonds is 1. The van der Waals surface area contributed by atoms with Gasteiger partial charge in [0.25, 0.3) is 5.91 Å². The number of hydrogen-bond donors (Lipinski definition) is 1. The van der Waals surface area contributed by atoms with Crippen LogP contribution in [0.5, 0.6) is 0 Å². The van der Waals surface area contributed by atoms with Crippen molar-refractivity contribution in [3.05, 3.63) is 32.9 Å². The molecule has 0 unspecified atom stereocenters. The van der Waals surface area contributed by atoms with Crippen molar-refractivity contribution >= 4 is 28.5 Å². The molecule has 4 heteroatoms. The van der Waals surface area contributed by atoms with Crippen LogP contribution in [0.25, 0.3) is 0 Å². The van der Waals surface area contributed by atoms with E-state index in [0.717, 1.165) is 40.9 Å². The van der Waals surface area contributed by atoms with Gasteiger partial charge in [-0.2, -0.15) is 0 Å². The summed E-state index contributed by atoms with van der Waals surface area (Å²) in [6, 6.07) is 6.10. The molecule has 0 bridgehead atoms. The van der Waals surface area contributed by atoms with Crippen molar-refractivity contribution in [2.45, 2.75) is 6.92 Å². The van der Waals surface area contributed by atoms with Crippen LogP contribution in [-0.4, -0.2) is 37.0 Å². The van der Waals surface area contributed by atoms with Crippen LogP contribution in [0, 0.1) is 22.3 Å². The highest BCUT2D eigenvalue weighted by Gasteiger charge is 2.38. The summed E-state index contributed by atoms with van der Waals surface area (Å²) >= 11 is 2.25. The molecule has 2 fully saturated rings. The van der Waals surface area contributed by atoms with Gasteiger partial charge < -0.3 is 10.2 Å². The highest BCUT2D eigenvalue weighted by molar-refractivity contribution is 14.1. The smallest absolute Gasteiger partial charge is 0.254 e. The van der Waals surface area contributed by atoms with Crippen LogP contribution in [-0.2, 0) is 0 Å². The van der Waals surface area contributed by atoms with Crippen molar-refractivity contribution < 1.29 is 4.79 Å². The van der Waals surface area contributed by atoms with Crippen molar-refractivity contribution in [2.75, 3.05) is 26.2 Å². The van der Waals surface area contributed by atoms with E-state index in [1.54, 1.807) is 0 Å². The fraction of sp³-hybridized carbons (Fsp3) is 0.500. The molecule has 0 radical (unpaired) electrons. The third-order valence-corrected chi connectivity index (χ3v) is 4.97. The average Bonchev–Trinajstić information content (AvgIpc) is 2.91. The second-order valence-corrected chi connectivity index (χ2v) is 6.53. The summed E-state index contributed by atoms with van der Waals surface area (Å²) in [4.78, 5) is 14.6. The Kier molecular flexibility index (Phi) is 3.32. The molecule has 1 aromatic carbocycles. The fourth-order valence-electron chi connectivity index (χ4n) is 2.99. The van der Waals surface area contributed by atoms with Crippen LogP contribution in [0.4, 0.5) is 0 Å². The van der Waals surface area contributed by atoms with Crippen LogP contribution in [0.1, 0.15) is 15.9 Å². The minimum absolute atomic E-state index is 0.206. The van der Waals surface area contributed by atoms with E-state index < -0.39 is 0 Å². The molecular formula is C14H17IN2O. The number of fused-ring (bicyclic) bond motifs is 1. The lowest BCUT2D eigenvalue weighted by Gasteiger charge is -2.18. The fourth-order valence-corrected chi connectivity index (χ4v) is 3.56. The minimum Gasteiger partial charge on any atom is -0.338 e. The zero-order valence-electron chi connectivity index (χ0n) is 10.4. The Balaban J connectivity index is 1.81. The minimum atomic E-state index is 0.206. The van der Waals surface area contributed by atoms with Gasteiger partial charge in [-0.1, -0.05) is 11.6 Å². The summed E-state index contributed by atoms with van der Waals surface area (Å²) in [5.74, 6) is 1.53. The van der Waals surface area contributed by atoms with Crippen molar-refractivity contribution in [1.82, 2.24) is 10.2 Å². The predicted octanol–water partition coefficient (Wildman–Crippen LogP) is 1.89. The zero-order chi connectivity index (χ0) is 12.7. The molecule has 96 valence electrons. The van der Waals surface area contributed by atoms with E-state index in [1.807, 2.05) is 24.0 Å². The summed E-state index contributed by atoms with van der Waals surface area (Å²) in [5.41, 5.74) is 2.02. The highest BCUT2D eigenvalue weighted by Crippen LogP contribution is 2.28. The average molecular weight is 356 g/mol. The molecule has 3 nitrogen and oxygen atoms in total. The Labute approximate surface area is 121 Å². The van der Waals surface area contributed by atoms with Crippen LogP contribution >= 0.6 is 22.6 Å². The van der Waals surface area contributed by atoms with Gasteiger partial charge in [-0.15, -0.1) is 0 Å². The molecule has 3 rings (SSSR count). The van der Waals surface area contributed by atoms with Crippen molar-refractivity contribution in [1.29, 1.82) is 0 Å². The predicted molar refractivity (Wildman–Crippen MR) is 79.6 cm³/mol. The number of benzene rings is 1. The second kappa shape index (κ2) is 4.81. The van der Waals surface area contributed by atoms with Crippen LogP contribution in [0.15, 0.2) is 18.2 Å². The Morgan fingerprint density at radius 2 is 2.00 bits per heavy atom. The van der Waals surface area contributed by atoms with E-state index in [-0.39, 0.29) is 5.91 Å². The monoisotopic (exact) mass is 356 g/mol. The molecule has 18 heavy (non-hydrogen) atoms. The first-order valence-electron chi connectivity index (χ1n) is 6.41. The molecule has 2 aliphatic rings. The first kappa shape index (κ1) is 12.4. The van der Waals surface area contributed by atoms with Gasteiger partial charge in [0, 0.05) is 29.7 Å². The topological polar surface area (TPSA) is 32.3 Å². The Morgan fingerprint density at radius 3 is 2.67 bits per heavy atom. The number of likely N-dealkylation sites (tertiary alicyclic amines) is 1. The van der Waals surface area contributed by atoms with Gasteiger partial charge in [-0.3, -0.25) is 4.79 Å². The number of nitrogens with zero attached hydrogens (tertiary/aromatic N) is 1. The maximum atomic E-state index is 12.6. The van der Waals surface area contributed by atoms with Gasteiger partial charge in [0.05, 0.1) is 5.56 Å². The van der Waals surface area contributed by atoms with Crippen molar-refractivity contribution in [3.63, 3.8) is 0 Å². The number of nitrogens with one attached hydrogen (secondary N) is 1. The number of carbonyl (C=O) groups excluding carboxylic acids is 1. The molecule has 2 aliphatic heterocycles. The molecule has 2 saturated heterocycles. The van der Waals surface area contributed by atoms with Crippen LogP contribution < -0.4 is 5.32 Å².